The van der Waals surface area contributed by atoms with Crippen molar-refractivity contribution < 1.29 is 19.2 Å². The van der Waals surface area contributed by atoms with Crippen molar-refractivity contribution in [3.8, 4) is 0 Å². The summed E-state index contributed by atoms with van der Waals surface area (Å²) in [6.07, 6.45) is 1.65. The predicted octanol–water partition coefficient (Wildman–Crippen LogP) is 2.12. The average Bonchev–Trinajstić information content (AvgIpc) is 2.20. The lowest BCUT2D eigenvalue weighted by Gasteiger charge is -2.30. The first-order valence-corrected chi connectivity index (χ1v) is 5.47. The number of hydrogen-bond donors (Lipinski definition) is 1. The minimum atomic E-state index is -1.29. The van der Waals surface area contributed by atoms with Crippen LogP contribution in [0, 0.1) is 21.4 Å². The van der Waals surface area contributed by atoms with E-state index in [1.807, 2.05) is 0 Å². The van der Waals surface area contributed by atoms with Crippen molar-refractivity contribution in [3.05, 3.63) is 33.8 Å². The molecule has 5 nitrogen and oxygen atoms in total. The van der Waals surface area contributed by atoms with Gasteiger partial charge in [-0.1, -0.05) is 15.9 Å². The number of allylic oxidation sites excluding steroid dienone is 3. The number of alkyl halides is 1. The Kier molecular flexibility index (Phi) is 3.47. The van der Waals surface area contributed by atoms with Gasteiger partial charge in [0.05, 0.1) is 16.3 Å². The number of nitrogens with zero attached hydrogens (tertiary/aromatic N) is 1. The van der Waals surface area contributed by atoms with E-state index in [0.717, 1.165) is 12.2 Å². The summed E-state index contributed by atoms with van der Waals surface area (Å²) in [6.45, 7) is 1.41. The molecule has 0 spiro atoms. The van der Waals surface area contributed by atoms with Crippen LogP contribution in [0.15, 0.2) is 23.7 Å². The second-order valence-electron chi connectivity index (χ2n) is 3.71. The normalized spacial score (nSPS) is 29.3. The summed E-state index contributed by atoms with van der Waals surface area (Å²) in [5.74, 6) is -3.43. The van der Waals surface area contributed by atoms with Crippen LogP contribution in [0.2, 0.25) is 0 Å². The molecule has 0 aromatic rings. The Labute approximate surface area is 98.9 Å². The molecule has 2 unspecified atom stereocenters. The van der Waals surface area contributed by atoms with Crippen LogP contribution in [0.3, 0.4) is 0 Å². The number of carboxylic acids is 1. The molecular weight excluding hydrogens is 285 g/mol. The molecule has 1 N–H and O–H groups in total. The molecule has 88 valence electrons. The molecule has 16 heavy (non-hydrogen) atoms. The summed E-state index contributed by atoms with van der Waals surface area (Å²) in [5, 5.41) is 19.8. The van der Waals surface area contributed by atoms with Crippen LogP contribution in [-0.2, 0) is 4.79 Å². The zero-order valence-electron chi connectivity index (χ0n) is 8.31. The molecule has 0 radical (unpaired) electrons. The Hall–Kier alpha value is -1.24. The molecule has 0 saturated carbocycles. The van der Waals surface area contributed by atoms with E-state index < -0.39 is 33.7 Å². The van der Waals surface area contributed by atoms with Crippen LogP contribution in [0.4, 0.5) is 4.39 Å². The lowest BCUT2D eigenvalue weighted by molar-refractivity contribution is -0.441. The topological polar surface area (TPSA) is 80.4 Å². The summed E-state index contributed by atoms with van der Waals surface area (Å²) >= 11 is 3.04. The number of rotatable bonds is 3. The van der Waals surface area contributed by atoms with Crippen LogP contribution in [0.5, 0.6) is 0 Å². The number of halogens is 2. The largest absolute Gasteiger partial charge is 0.481 e. The standard InChI is InChI=1S/C9H9BrFNO4/c1-9(4-10)6(8(13)14)2-5(11)3-7(9)12(15)16/h2-3,6H,4H2,1H3,(H,13,14). The first-order valence-electron chi connectivity index (χ1n) is 4.35. The molecular formula is C9H9BrFNO4. The second-order valence-corrected chi connectivity index (χ2v) is 4.27. The van der Waals surface area contributed by atoms with Gasteiger partial charge in [0.25, 0.3) is 5.70 Å². The number of nitro groups is 1. The highest BCUT2D eigenvalue weighted by Gasteiger charge is 2.49. The van der Waals surface area contributed by atoms with Gasteiger partial charge in [-0.15, -0.1) is 0 Å². The van der Waals surface area contributed by atoms with Crippen LogP contribution < -0.4 is 0 Å². The first-order chi connectivity index (χ1) is 7.32. The minimum absolute atomic E-state index is 0.0631. The van der Waals surface area contributed by atoms with Gasteiger partial charge in [0.1, 0.15) is 5.83 Å². The van der Waals surface area contributed by atoms with Gasteiger partial charge in [-0.3, -0.25) is 14.9 Å². The maximum atomic E-state index is 13.1. The van der Waals surface area contributed by atoms with Crippen molar-refractivity contribution >= 4 is 21.9 Å². The van der Waals surface area contributed by atoms with E-state index >= 15 is 0 Å². The fraction of sp³-hybridized carbons (Fsp3) is 0.444. The molecule has 0 bridgehead atoms. The molecule has 1 rings (SSSR count). The summed E-state index contributed by atoms with van der Waals surface area (Å²) < 4.78 is 13.1. The molecule has 0 saturated heterocycles. The lowest BCUT2D eigenvalue weighted by atomic mass is 9.73. The number of carbonyl (C=O) groups is 1. The van der Waals surface area contributed by atoms with Gasteiger partial charge in [0.15, 0.2) is 0 Å². The second kappa shape index (κ2) is 4.32. The van der Waals surface area contributed by atoms with Crippen LogP contribution >= 0.6 is 15.9 Å². The van der Waals surface area contributed by atoms with Crippen molar-refractivity contribution in [2.75, 3.05) is 5.33 Å². The van der Waals surface area contributed by atoms with Crippen LogP contribution in [0.1, 0.15) is 6.92 Å². The highest BCUT2D eigenvalue weighted by atomic mass is 79.9. The fourth-order valence-corrected chi connectivity index (χ4v) is 2.24. The summed E-state index contributed by atoms with van der Waals surface area (Å²) in [4.78, 5) is 21.0. The lowest BCUT2D eigenvalue weighted by Crippen LogP contribution is -2.39. The van der Waals surface area contributed by atoms with E-state index in [4.69, 9.17) is 5.11 Å². The van der Waals surface area contributed by atoms with E-state index in [-0.39, 0.29) is 5.33 Å². The number of carboxylic acid groups (broad SMARTS) is 1. The minimum Gasteiger partial charge on any atom is -0.481 e. The van der Waals surface area contributed by atoms with Gasteiger partial charge in [0, 0.05) is 11.4 Å². The molecule has 1 aliphatic rings. The average molecular weight is 294 g/mol. The fourth-order valence-electron chi connectivity index (χ4n) is 1.60. The van der Waals surface area contributed by atoms with Gasteiger partial charge in [-0.05, 0) is 13.0 Å². The van der Waals surface area contributed by atoms with Gasteiger partial charge >= 0.3 is 5.97 Å². The highest BCUT2D eigenvalue weighted by Crippen LogP contribution is 2.42. The Morgan fingerprint density at radius 1 is 1.81 bits per heavy atom. The Bertz CT molecular complexity index is 406. The molecule has 0 amide bonds. The molecule has 0 heterocycles. The van der Waals surface area contributed by atoms with Crippen molar-refractivity contribution in [1.82, 2.24) is 0 Å². The summed E-state index contributed by atoms with van der Waals surface area (Å²) in [6, 6.07) is 0. The molecule has 1 aliphatic carbocycles. The molecule has 0 aromatic heterocycles. The SMILES string of the molecule is CC1(CBr)C([N+](=O)[O-])=CC(F)=CC1C(=O)O. The predicted molar refractivity (Wildman–Crippen MR) is 57.3 cm³/mol. The van der Waals surface area contributed by atoms with Gasteiger partial charge in [-0.2, -0.15) is 0 Å². The van der Waals surface area contributed by atoms with Gasteiger partial charge in [0.2, 0.25) is 0 Å². The third kappa shape index (κ3) is 1.99. The van der Waals surface area contributed by atoms with E-state index in [9.17, 15) is 19.3 Å². The molecule has 0 aliphatic heterocycles. The van der Waals surface area contributed by atoms with Crippen molar-refractivity contribution in [2.45, 2.75) is 6.92 Å². The van der Waals surface area contributed by atoms with Gasteiger partial charge < -0.3 is 5.11 Å². The van der Waals surface area contributed by atoms with Crippen molar-refractivity contribution in [3.63, 3.8) is 0 Å². The summed E-state index contributed by atoms with van der Waals surface area (Å²) in [7, 11) is 0. The van der Waals surface area contributed by atoms with E-state index in [1.165, 1.54) is 6.92 Å². The molecule has 2 atom stereocenters. The van der Waals surface area contributed by atoms with Crippen LogP contribution in [-0.4, -0.2) is 21.3 Å². The molecule has 0 aromatic carbocycles. The zero-order valence-corrected chi connectivity index (χ0v) is 9.90. The third-order valence-corrected chi connectivity index (χ3v) is 3.78. The summed E-state index contributed by atoms with van der Waals surface area (Å²) in [5.41, 5.74) is -1.69. The number of aliphatic carboxylic acids is 1. The van der Waals surface area contributed by atoms with E-state index in [2.05, 4.69) is 15.9 Å². The number of hydrogen-bond acceptors (Lipinski definition) is 3. The van der Waals surface area contributed by atoms with E-state index in [0.29, 0.717) is 0 Å². The van der Waals surface area contributed by atoms with Crippen LogP contribution in [0.25, 0.3) is 0 Å². The van der Waals surface area contributed by atoms with E-state index in [1.54, 1.807) is 0 Å². The third-order valence-electron chi connectivity index (χ3n) is 2.61. The molecule has 0 fully saturated rings. The highest BCUT2D eigenvalue weighted by molar-refractivity contribution is 9.09. The zero-order chi connectivity index (χ0) is 12.5. The van der Waals surface area contributed by atoms with Gasteiger partial charge in [-0.25, -0.2) is 4.39 Å². The Morgan fingerprint density at radius 2 is 2.38 bits per heavy atom. The maximum absolute atomic E-state index is 13.1. The Morgan fingerprint density at radius 3 is 2.75 bits per heavy atom. The maximum Gasteiger partial charge on any atom is 0.311 e. The quantitative estimate of drug-likeness (QED) is 0.491. The van der Waals surface area contributed by atoms with Crippen molar-refractivity contribution in [1.29, 1.82) is 0 Å². The first kappa shape index (κ1) is 12.8. The smallest absolute Gasteiger partial charge is 0.311 e. The monoisotopic (exact) mass is 293 g/mol. The van der Waals surface area contributed by atoms with Crippen molar-refractivity contribution in [2.24, 2.45) is 11.3 Å². The Balaban J connectivity index is 3.32. The molecule has 7 heteroatoms.